The highest BCUT2D eigenvalue weighted by molar-refractivity contribution is 6.25. The number of rotatable bonds is 1. The fourth-order valence-electron chi connectivity index (χ4n) is 1.72. The van der Waals surface area contributed by atoms with Crippen molar-refractivity contribution in [1.29, 1.82) is 0 Å². The molecule has 0 saturated carbocycles. The molecular weight excluding hydrogens is 226 g/mol. The quantitative estimate of drug-likeness (QED) is 0.718. The van der Waals surface area contributed by atoms with Crippen molar-refractivity contribution in [2.75, 3.05) is 0 Å². The van der Waals surface area contributed by atoms with Crippen molar-refractivity contribution in [3.63, 3.8) is 0 Å². The molecule has 6 heteroatoms. The summed E-state index contributed by atoms with van der Waals surface area (Å²) in [7, 11) is 0. The molecule has 0 aromatic heterocycles. The Labute approximate surface area is 95.3 Å². The number of aromatic hydroxyl groups is 1. The maximum Gasteiger partial charge on any atom is 0.358 e. The molecule has 0 unspecified atom stereocenters. The standard InChI is InChI=1S/C11H7NO5/c1-5-4-8(13)9-6(10(5)14)2-3-7(11(9)15)12(16)17/h2-4H,1H3,(H-,13,15,16,17)/p+1. The van der Waals surface area contributed by atoms with Crippen LogP contribution in [0.4, 0.5) is 5.69 Å². The lowest BCUT2D eigenvalue weighted by molar-refractivity contribution is -0.730. The molecule has 1 aliphatic rings. The molecule has 1 aromatic carbocycles. The molecule has 0 radical (unpaired) electrons. The van der Waals surface area contributed by atoms with Gasteiger partial charge in [0.15, 0.2) is 11.6 Å². The van der Waals surface area contributed by atoms with Crippen LogP contribution in [0.2, 0.25) is 0 Å². The molecule has 2 N–H and O–H groups in total. The van der Waals surface area contributed by atoms with E-state index < -0.39 is 27.9 Å². The second-order valence-electron chi connectivity index (χ2n) is 3.65. The number of benzene rings is 1. The number of hydrogen-bond acceptors (Lipinski definition) is 4. The average Bonchev–Trinajstić information content (AvgIpc) is 2.25. The van der Waals surface area contributed by atoms with Gasteiger partial charge >= 0.3 is 5.69 Å². The summed E-state index contributed by atoms with van der Waals surface area (Å²) in [5.74, 6) is -1.66. The first-order valence-corrected chi connectivity index (χ1v) is 4.73. The van der Waals surface area contributed by atoms with Gasteiger partial charge in [0.05, 0.1) is 10.5 Å². The maximum atomic E-state index is 11.7. The van der Waals surface area contributed by atoms with Gasteiger partial charge in [0.2, 0.25) is 5.75 Å². The first-order valence-electron chi connectivity index (χ1n) is 4.73. The van der Waals surface area contributed by atoms with Crippen molar-refractivity contribution in [2.24, 2.45) is 0 Å². The van der Waals surface area contributed by atoms with Gasteiger partial charge in [0.25, 0.3) is 4.92 Å². The monoisotopic (exact) mass is 234 g/mol. The molecule has 0 spiro atoms. The van der Waals surface area contributed by atoms with Crippen LogP contribution in [0.3, 0.4) is 0 Å². The number of carbonyl (C=O) groups is 2. The van der Waals surface area contributed by atoms with Crippen molar-refractivity contribution in [3.05, 3.63) is 39.8 Å². The minimum absolute atomic E-state index is 0.0260. The van der Waals surface area contributed by atoms with E-state index in [0.717, 1.165) is 12.1 Å². The van der Waals surface area contributed by atoms with Crippen LogP contribution in [-0.4, -0.2) is 26.8 Å². The fourth-order valence-corrected chi connectivity index (χ4v) is 1.72. The molecule has 2 rings (SSSR count). The Bertz CT molecular complexity index is 600. The Balaban J connectivity index is 2.76. The fraction of sp³-hybridized carbons (Fsp3) is 0.0909. The third-order valence-corrected chi connectivity index (χ3v) is 2.56. The first-order chi connectivity index (χ1) is 7.93. The van der Waals surface area contributed by atoms with Crippen LogP contribution < -0.4 is 0 Å². The Morgan fingerprint density at radius 3 is 2.47 bits per heavy atom. The zero-order valence-electron chi connectivity index (χ0n) is 8.80. The molecule has 0 fully saturated rings. The summed E-state index contributed by atoms with van der Waals surface area (Å²) in [4.78, 5) is 33.5. The molecule has 0 amide bonds. The average molecular weight is 234 g/mol. The lowest BCUT2D eigenvalue weighted by atomic mass is 9.89. The van der Waals surface area contributed by atoms with Crippen molar-refractivity contribution in [3.8, 4) is 5.75 Å². The molecule has 17 heavy (non-hydrogen) atoms. The number of hydrogen-bond donors (Lipinski definition) is 2. The summed E-state index contributed by atoms with van der Waals surface area (Å²) in [5, 5.41) is 18.4. The summed E-state index contributed by atoms with van der Waals surface area (Å²) in [6.45, 7) is 1.49. The number of fused-ring (bicyclic) bond motifs is 1. The molecule has 0 bridgehead atoms. The van der Waals surface area contributed by atoms with E-state index in [0.29, 0.717) is 0 Å². The highest BCUT2D eigenvalue weighted by Gasteiger charge is 2.32. The number of phenolic OH excluding ortho intramolecular Hbond substituents is 1. The normalized spacial score (nSPS) is 14.3. The highest BCUT2D eigenvalue weighted by Crippen LogP contribution is 2.35. The van der Waals surface area contributed by atoms with E-state index in [1.165, 1.54) is 13.0 Å². The number of carbonyl (C=O) groups excluding carboxylic acids is 2. The number of allylic oxidation sites excluding steroid dienone is 2. The first kappa shape index (κ1) is 11.0. The largest absolute Gasteiger partial charge is 0.501 e. The van der Waals surface area contributed by atoms with Crippen molar-refractivity contribution in [2.45, 2.75) is 6.92 Å². The molecule has 0 heterocycles. The van der Waals surface area contributed by atoms with Crippen molar-refractivity contribution >= 4 is 17.3 Å². The van der Waals surface area contributed by atoms with E-state index in [2.05, 4.69) is 0 Å². The SMILES string of the molecule is CC1=CC(=O)c2c(ccc([N+](=O)O)c2O)C1=O. The summed E-state index contributed by atoms with van der Waals surface area (Å²) < 4.78 is 0. The molecule has 0 aliphatic heterocycles. The summed E-state index contributed by atoms with van der Waals surface area (Å²) >= 11 is 0. The van der Waals surface area contributed by atoms with Gasteiger partial charge in [-0.1, -0.05) is 0 Å². The van der Waals surface area contributed by atoms with Gasteiger partial charge in [0.1, 0.15) is 0 Å². The smallest absolute Gasteiger partial charge is 0.358 e. The number of nitrogens with zero attached hydrogens (tertiary/aromatic N) is 1. The third-order valence-electron chi connectivity index (χ3n) is 2.56. The summed E-state index contributed by atoms with van der Waals surface area (Å²) in [6.07, 6.45) is 1.08. The van der Waals surface area contributed by atoms with E-state index >= 15 is 0 Å². The van der Waals surface area contributed by atoms with Gasteiger partial charge < -0.3 is 5.11 Å². The van der Waals surface area contributed by atoms with Gasteiger partial charge in [-0.25, -0.2) is 5.21 Å². The molecule has 1 aliphatic carbocycles. The third kappa shape index (κ3) is 1.50. The van der Waals surface area contributed by atoms with Gasteiger partial charge in [0, 0.05) is 17.2 Å². The Kier molecular flexibility index (Phi) is 2.27. The molecule has 0 atom stereocenters. The van der Waals surface area contributed by atoms with Gasteiger partial charge in [-0.05, 0) is 19.1 Å². The van der Waals surface area contributed by atoms with Gasteiger partial charge in [-0.15, -0.1) is 0 Å². The lowest BCUT2D eigenvalue weighted by Crippen LogP contribution is -2.16. The van der Waals surface area contributed by atoms with E-state index in [4.69, 9.17) is 5.21 Å². The zero-order valence-corrected chi connectivity index (χ0v) is 8.80. The van der Waals surface area contributed by atoms with Crippen LogP contribution in [-0.2, 0) is 0 Å². The van der Waals surface area contributed by atoms with E-state index in [1.807, 2.05) is 0 Å². The molecule has 6 nitrogen and oxygen atoms in total. The summed E-state index contributed by atoms with van der Waals surface area (Å²) in [5.41, 5.74) is -0.443. The van der Waals surface area contributed by atoms with Crippen LogP contribution in [0, 0.1) is 4.91 Å². The van der Waals surface area contributed by atoms with Crippen molar-refractivity contribution in [1.82, 2.24) is 0 Å². The second-order valence-corrected chi connectivity index (χ2v) is 3.65. The Hall–Kier alpha value is -2.50. The maximum absolute atomic E-state index is 11.7. The molecule has 86 valence electrons. The molecule has 1 aromatic rings. The second kappa shape index (κ2) is 3.51. The zero-order chi connectivity index (χ0) is 12.7. The number of ketones is 2. The van der Waals surface area contributed by atoms with Crippen LogP contribution >= 0.6 is 0 Å². The minimum atomic E-state index is -0.692. The van der Waals surface area contributed by atoms with E-state index in [1.54, 1.807) is 0 Å². The predicted octanol–water partition coefficient (Wildman–Crippen LogP) is 1.52. The highest BCUT2D eigenvalue weighted by atomic mass is 16.6. The Morgan fingerprint density at radius 2 is 1.88 bits per heavy atom. The topological polar surface area (TPSA) is 94.7 Å². The lowest BCUT2D eigenvalue weighted by Gasteiger charge is -2.12. The van der Waals surface area contributed by atoms with E-state index in [9.17, 15) is 19.6 Å². The minimum Gasteiger partial charge on any atom is -0.501 e. The molecular formula is C11H8NO5+. The van der Waals surface area contributed by atoms with Gasteiger partial charge in [-0.2, -0.15) is 0 Å². The molecule has 0 saturated heterocycles. The Morgan fingerprint density at radius 1 is 1.24 bits per heavy atom. The number of phenols is 1. The summed E-state index contributed by atoms with van der Waals surface area (Å²) in [6, 6.07) is 2.30. The van der Waals surface area contributed by atoms with Crippen LogP contribution in [0.5, 0.6) is 5.75 Å². The van der Waals surface area contributed by atoms with E-state index in [-0.39, 0.29) is 16.7 Å². The van der Waals surface area contributed by atoms with Crippen LogP contribution in [0.1, 0.15) is 27.6 Å². The number of Topliss-reactive ketones (excluding diaryl/α,β-unsaturated/α-hetero) is 1. The van der Waals surface area contributed by atoms with Crippen LogP contribution in [0.25, 0.3) is 0 Å². The van der Waals surface area contributed by atoms with Crippen molar-refractivity contribution < 1.29 is 24.8 Å². The predicted molar refractivity (Wildman–Crippen MR) is 55.6 cm³/mol. The van der Waals surface area contributed by atoms with Crippen LogP contribution in [0.15, 0.2) is 23.8 Å². The van der Waals surface area contributed by atoms with Gasteiger partial charge in [-0.3, -0.25) is 9.59 Å².